The second kappa shape index (κ2) is 6.40. The molecule has 0 bridgehead atoms. The molecule has 142 valence electrons. The molecular formula is C18H18F3N5O. The fraction of sp³-hybridized carbons (Fsp3) is 0.389. The Hall–Kier alpha value is -2.84. The number of piperidine rings is 1. The van der Waals surface area contributed by atoms with Crippen molar-refractivity contribution in [2.75, 3.05) is 13.1 Å². The van der Waals surface area contributed by atoms with Gasteiger partial charge in [0.2, 0.25) is 0 Å². The molecule has 27 heavy (non-hydrogen) atoms. The summed E-state index contributed by atoms with van der Waals surface area (Å²) in [6, 6.07) is 6.19. The van der Waals surface area contributed by atoms with E-state index in [0.717, 1.165) is 6.07 Å². The Kier molecular flexibility index (Phi) is 4.16. The summed E-state index contributed by atoms with van der Waals surface area (Å²) in [5.74, 6) is -0.167. The topological polar surface area (TPSA) is 55.4 Å². The average Bonchev–Trinajstić information content (AvgIpc) is 3.25. The second-order valence-electron chi connectivity index (χ2n) is 6.70. The van der Waals surface area contributed by atoms with Gasteiger partial charge in [0.15, 0.2) is 5.69 Å². The van der Waals surface area contributed by atoms with Crippen LogP contribution < -0.4 is 0 Å². The molecule has 9 heteroatoms. The highest BCUT2D eigenvalue weighted by atomic mass is 19.4. The van der Waals surface area contributed by atoms with Crippen LogP contribution in [0.15, 0.2) is 36.7 Å². The smallest absolute Gasteiger partial charge is 0.335 e. The van der Waals surface area contributed by atoms with E-state index in [1.807, 2.05) is 18.2 Å². The van der Waals surface area contributed by atoms with Crippen molar-refractivity contribution >= 4 is 11.6 Å². The maximum atomic E-state index is 13.1. The molecule has 0 aliphatic carbocycles. The Bertz CT molecular complexity index is 990. The maximum absolute atomic E-state index is 13.1. The van der Waals surface area contributed by atoms with E-state index in [1.165, 1.54) is 10.9 Å². The Labute approximate surface area is 153 Å². The van der Waals surface area contributed by atoms with Gasteiger partial charge in [0.05, 0.1) is 11.7 Å². The van der Waals surface area contributed by atoms with Crippen LogP contribution in [0, 0.1) is 6.92 Å². The number of halogens is 3. The zero-order valence-electron chi connectivity index (χ0n) is 14.6. The molecule has 1 aliphatic rings. The summed E-state index contributed by atoms with van der Waals surface area (Å²) in [4.78, 5) is 19.2. The first-order valence-corrected chi connectivity index (χ1v) is 8.70. The van der Waals surface area contributed by atoms with Gasteiger partial charge in [-0.05, 0) is 38.0 Å². The quantitative estimate of drug-likeness (QED) is 0.688. The molecule has 1 atom stereocenters. The van der Waals surface area contributed by atoms with Crippen LogP contribution in [-0.2, 0) is 6.18 Å². The number of nitrogens with zero attached hydrogens (tertiary/aromatic N) is 5. The minimum absolute atomic E-state index is 0.167. The molecule has 0 radical (unpaired) electrons. The number of amides is 1. The van der Waals surface area contributed by atoms with Gasteiger partial charge >= 0.3 is 6.18 Å². The number of fused-ring (bicyclic) bond motifs is 1. The number of carbonyl (C=O) groups is 1. The van der Waals surface area contributed by atoms with Gasteiger partial charge in [0.1, 0.15) is 11.3 Å². The summed E-state index contributed by atoms with van der Waals surface area (Å²) in [6.45, 7) is 2.66. The van der Waals surface area contributed by atoms with Crippen LogP contribution in [0.5, 0.6) is 0 Å². The number of aromatic nitrogens is 4. The van der Waals surface area contributed by atoms with Crippen LogP contribution in [0.2, 0.25) is 0 Å². The van der Waals surface area contributed by atoms with Gasteiger partial charge in [0.25, 0.3) is 5.91 Å². The Balaban J connectivity index is 1.58. The molecule has 0 saturated carbocycles. The highest BCUT2D eigenvalue weighted by Gasteiger charge is 2.35. The first-order chi connectivity index (χ1) is 12.8. The first-order valence-electron chi connectivity index (χ1n) is 8.70. The van der Waals surface area contributed by atoms with Gasteiger partial charge < -0.3 is 4.90 Å². The van der Waals surface area contributed by atoms with Gasteiger partial charge in [-0.2, -0.15) is 18.3 Å². The van der Waals surface area contributed by atoms with E-state index in [-0.39, 0.29) is 11.9 Å². The van der Waals surface area contributed by atoms with Crippen molar-refractivity contribution < 1.29 is 18.0 Å². The van der Waals surface area contributed by atoms with E-state index in [1.54, 1.807) is 22.4 Å². The van der Waals surface area contributed by atoms with Gasteiger partial charge in [-0.3, -0.25) is 13.9 Å². The molecule has 1 unspecified atom stereocenters. The number of imidazole rings is 1. The van der Waals surface area contributed by atoms with Crippen molar-refractivity contribution in [3.05, 3.63) is 53.7 Å². The van der Waals surface area contributed by atoms with Crippen LogP contribution in [0.1, 0.15) is 40.8 Å². The molecule has 4 rings (SSSR count). The van der Waals surface area contributed by atoms with E-state index in [2.05, 4.69) is 10.1 Å². The van der Waals surface area contributed by atoms with Crippen molar-refractivity contribution in [3.8, 4) is 0 Å². The lowest BCUT2D eigenvalue weighted by Gasteiger charge is -2.33. The van der Waals surface area contributed by atoms with Crippen LogP contribution in [-0.4, -0.2) is 43.1 Å². The molecule has 4 heterocycles. The van der Waals surface area contributed by atoms with Gasteiger partial charge in [0, 0.05) is 25.5 Å². The summed E-state index contributed by atoms with van der Waals surface area (Å²) in [7, 11) is 0. The highest BCUT2D eigenvalue weighted by Crippen LogP contribution is 2.29. The third kappa shape index (κ3) is 3.17. The SMILES string of the molecule is Cc1nc2ccccn2c1C(=O)N1CCCC(n2ccc(C(F)(F)F)n2)C1. The summed E-state index contributed by atoms with van der Waals surface area (Å²) in [5.41, 5.74) is 0.895. The molecule has 6 nitrogen and oxygen atoms in total. The number of rotatable bonds is 2. The van der Waals surface area contributed by atoms with Gasteiger partial charge in [-0.1, -0.05) is 6.07 Å². The minimum Gasteiger partial charge on any atom is -0.335 e. The normalized spacial score (nSPS) is 18.2. The van der Waals surface area contributed by atoms with Crippen molar-refractivity contribution in [2.24, 2.45) is 0 Å². The summed E-state index contributed by atoms with van der Waals surface area (Å²) in [5, 5.41) is 3.67. The molecule has 0 aromatic carbocycles. The van der Waals surface area contributed by atoms with E-state index >= 15 is 0 Å². The molecule has 3 aromatic rings. The van der Waals surface area contributed by atoms with Crippen molar-refractivity contribution in [2.45, 2.75) is 32.0 Å². The Morgan fingerprint density at radius 2 is 2.04 bits per heavy atom. The standard InChI is InChI=1S/C18H18F3N5O/c1-12-16(25-9-3-2-6-15(25)22-12)17(27)24-8-4-5-13(11-24)26-10-7-14(23-26)18(19,20)21/h2-3,6-7,9-10,13H,4-5,8,11H2,1H3. The number of hydrogen-bond acceptors (Lipinski definition) is 3. The van der Waals surface area contributed by atoms with Crippen molar-refractivity contribution in [1.29, 1.82) is 0 Å². The van der Waals surface area contributed by atoms with Gasteiger partial charge in [-0.25, -0.2) is 4.98 Å². The highest BCUT2D eigenvalue weighted by molar-refractivity contribution is 5.94. The lowest BCUT2D eigenvalue weighted by molar-refractivity contribution is -0.141. The van der Waals surface area contributed by atoms with Crippen LogP contribution in [0.4, 0.5) is 13.2 Å². The fourth-order valence-corrected chi connectivity index (χ4v) is 3.57. The lowest BCUT2D eigenvalue weighted by atomic mass is 10.1. The molecule has 0 N–H and O–H groups in total. The number of pyridine rings is 1. The molecule has 3 aromatic heterocycles. The van der Waals surface area contributed by atoms with Crippen LogP contribution in [0.3, 0.4) is 0 Å². The van der Waals surface area contributed by atoms with Crippen molar-refractivity contribution in [3.63, 3.8) is 0 Å². The largest absolute Gasteiger partial charge is 0.435 e. The van der Waals surface area contributed by atoms with E-state index < -0.39 is 11.9 Å². The average molecular weight is 377 g/mol. The Morgan fingerprint density at radius 1 is 1.22 bits per heavy atom. The molecule has 1 aliphatic heterocycles. The molecule has 1 amide bonds. The van der Waals surface area contributed by atoms with E-state index in [0.29, 0.717) is 43.0 Å². The van der Waals surface area contributed by atoms with Crippen LogP contribution >= 0.6 is 0 Å². The molecule has 1 fully saturated rings. The molecule has 1 saturated heterocycles. The van der Waals surface area contributed by atoms with Gasteiger partial charge in [-0.15, -0.1) is 0 Å². The third-order valence-electron chi connectivity index (χ3n) is 4.86. The summed E-state index contributed by atoms with van der Waals surface area (Å²) >= 11 is 0. The number of alkyl halides is 3. The summed E-state index contributed by atoms with van der Waals surface area (Å²) in [6.07, 6.45) is 0.0272. The summed E-state index contributed by atoms with van der Waals surface area (Å²) < 4.78 is 41.5. The number of likely N-dealkylation sites (tertiary alicyclic amines) is 1. The number of aryl methyl sites for hydroxylation is 1. The zero-order valence-corrected chi connectivity index (χ0v) is 14.6. The minimum atomic E-state index is -4.47. The predicted molar refractivity (Wildman–Crippen MR) is 91.3 cm³/mol. The molecular weight excluding hydrogens is 359 g/mol. The molecule has 0 spiro atoms. The van der Waals surface area contributed by atoms with E-state index in [9.17, 15) is 18.0 Å². The fourth-order valence-electron chi connectivity index (χ4n) is 3.57. The van der Waals surface area contributed by atoms with E-state index in [4.69, 9.17) is 0 Å². The zero-order chi connectivity index (χ0) is 19.2. The van der Waals surface area contributed by atoms with Crippen LogP contribution in [0.25, 0.3) is 5.65 Å². The predicted octanol–water partition coefficient (Wildman–Crippen LogP) is 3.34. The first kappa shape index (κ1) is 17.6. The number of hydrogen-bond donors (Lipinski definition) is 0. The lowest BCUT2D eigenvalue weighted by Crippen LogP contribution is -2.41. The monoisotopic (exact) mass is 377 g/mol. The number of carbonyl (C=O) groups excluding carboxylic acids is 1. The Morgan fingerprint density at radius 3 is 2.78 bits per heavy atom. The van der Waals surface area contributed by atoms with Crippen molar-refractivity contribution in [1.82, 2.24) is 24.1 Å². The third-order valence-corrected chi connectivity index (χ3v) is 4.86. The maximum Gasteiger partial charge on any atom is 0.435 e. The second-order valence-corrected chi connectivity index (χ2v) is 6.70.